The number of allylic oxidation sites excluding steroid dienone is 2. The van der Waals surface area contributed by atoms with Crippen LogP contribution in [-0.2, 0) is 9.47 Å². The van der Waals surface area contributed by atoms with Crippen molar-refractivity contribution in [2.45, 2.75) is 0 Å². The highest BCUT2D eigenvalue weighted by atomic mass is 16.5. The van der Waals surface area contributed by atoms with Crippen LogP contribution in [0, 0.1) is 0 Å². The Morgan fingerprint density at radius 2 is 1.25 bits per heavy atom. The molecule has 0 aromatic rings. The van der Waals surface area contributed by atoms with E-state index in [-0.39, 0.29) is 0 Å². The van der Waals surface area contributed by atoms with E-state index >= 15 is 0 Å². The highest BCUT2D eigenvalue weighted by Crippen LogP contribution is 1.76. The third kappa shape index (κ3) is 5.08. The Bertz CT molecular complexity index is 72.5. The fourth-order valence-corrected chi connectivity index (χ4v) is 0.248. The summed E-state index contributed by atoms with van der Waals surface area (Å²) in [6.07, 6.45) is 6.61. The normalized spacial score (nSPS) is 10.8. The van der Waals surface area contributed by atoms with Crippen molar-refractivity contribution in [2.75, 3.05) is 14.2 Å². The van der Waals surface area contributed by atoms with E-state index < -0.39 is 0 Å². The molecule has 0 fully saturated rings. The van der Waals surface area contributed by atoms with Crippen LogP contribution in [0.5, 0.6) is 0 Å². The Morgan fingerprint density at radius 1 is 0.875 bits per heavy atom. The molecular formula is C6H10O2. The van der Waals surface area contributed by atoms with E-state index in [4.69, 9.17) is 0 Å². The Kier molecular flexibility index (Phi) is 5.38. The lowest BCUT2D eigenvalue weighted by Crippen LogP contribution is -1.63. The van der Waals surface area contributed by atoms with Crippen LogP contribution in [0.15, 0.2) is 24.7 Å². The summed E-state index contributed by atoms with van der Waals surface area (Å²) in [5.74, 6) is 0. The van der Waals surface area contributed by atoms with Gasteiger partial charge in [0.25, 0.3) is 0 Å². The maximum atomic E-state index is 4.60. The minimum Gasteiger partial charge on any atom is -0.504 e. The van der Waals surface area contributed by atoms with Gasteiger partial charge in [0, 0.05) is 0 Å². The monoisotopic (exact) mass is 114 g/mol. The molecule has 0 aliphatic carbocycles. The van der Waals surface area contributed by atoms with Crippen molar-refractivity contribution in [2.24, 2.45) is 0 Å². The third-order valence-electron chi connectivity index (χ3n) is 0.540. The molecule has 0 amide bonds. The molecule has 0 aliphatic rings. The molecule has 46 valence electrons. The topological polar surface area (TPSA) is 18.5 Å². The quantitative estimate of drug-likeness (QED) is 0.407. The van der Waals surface area contributed by atoms with E-state index in [0.717, 1.165) is 0 Å². The molecule has 0 rings (SSSR count). The van der Waals surface area contributed by atoms with Crippen molar-refractivity contribution in [1.82, 2.24) is 0 Å². The molecule has 0 saturated carbocycles. The lowest BCUT2D eigenvalue weighted by molar-refractivity contribution is 0.333. The van der Waals surface area contributed by atoms with Gasteiger partial charge in [-0.25, -0.2) is 0 Å². The summed E-state index contributed by atoms with van der Waals surface area (Å²) < 4.78 is 9.20. The zero-order chi connectivity index (χ0) is 6.24. The fraction of sp³-hybridized carbons (Fsp3) is 0.333. The van der Waals surface area contributed by atoms with Gasteiger partial charge in [-0.05, 0) is 12.2 Å². The molecule has 0 unspecified atom stereocenters. The van der Waals surface area contributed by atoms with Gasteiger partial charge in [-0.3, -0.25) is 0 Å². The number of ether oxygens (including phenoxy) is 2. The van der Waals surface area contributed by atoms with E-state index in [0.29, 0.717) is 0 Å². The molecule has 0 aromatic heterocycles. The Labute approximate surface area is 49.4 Å². The molecule has 0 aromatic carbocycles. The van der Waals surface area contributed by atoms with E-state index in [1.54, 1.807) is 38.9 Å². The van der Waals surface area contributed by atoms with Crippen LogP contribution in [-0.4, -0.2) is 14.2 Å². The van der Waals surface area contributed by atoms with Gasteiger partial charge >= 0.3 is 0 Å². The van der Waals surface area contributed by atoms with Crippen LogP contribution in [0.1, 0.15) is 0 Å². The Balaban J connectivity index is 3.13. The summed E-state index contributed by atoms with van der Waals surface area (Å²) >= 11 is 0. The van der Waals surface area contributed by atoms with Crippen molar-refractivity contribution in [3.8, 4) is 0 Å². The summed E-state index contributed by atoms with van der Waals surface area (Å²) in [5, 5.41) is 0. The molecule has 0 bridgehead atoms. The first-order valence-corrected chi connectivity index (χ1v) is 2.29. The highest BCUT2D eigenvalue weighted by Gasteiger charge is 1.60. The summed E-state index contributed by atoms with van der Waals surface area (Å²) in [5.41, 5.74) is 0. The molecule has 2 heteroatoms. The second-order valence-electron chi connectivity index (χ2n) is 1.13. The van der Waals surface area contributed by atoms with Gasteiger partial charge in [0.2, 0.25) is 0 Å². The Hall–Kier alpha value is -0.920. The Morgan fingerprint density at radius 3 is 1.50 bits per heavy atom. The molecule has 0 saturated heterocycles. The minimum absolute atomic E-state index is 1.56. The van der Waals surface area contributed by atoms with E-state index in [9.17, 15) is 0 Å². The van der Waals surface area contributed by atoms with Crippen molar-refractivity contribution in [1.29, 1.82) is 0 Å². The van der Waals surface area contributed by atoms with E-state index in [1.807, 2.05) is 0 Å². The van der Waals surface area contributed by atoms with Gasteiger partial charge in [-0.1, -0.05) is 0 Å². The largest absolute Gasteiger partial charge is 0.504 e. The molecule has 0 radical (unpaired) electrons. The summed E-state index contributed by atoms with van der Waals surface area (Å²) in [6, 6.07) is 0. The van der Waals surface area contributed by atoms with Crippen LogP contribution in [0.25, 0.3) is 0 Å². The van der Waals surface area contributed by atoms with Crippen LogP contribution in [0.4, 0.5) is 0 Å². The van der Waals surface area contributed by atoms with Crippen molar-refractivity contribution < 1.29 is 9.47 Å². The lowest BCUT2D eigenvalue weighted by atomic mass is 10.6. The third-order valence-corrected chi connectivity index (χ3v) is 0.540. The zero-order valence-corrected chi connectivity index (χ0v) is 5.13. The number of hydrogen-bond acceptors (Lipinski definition) is 2. The van der Waals surface area contributed by atoms with Gasteiger partial charge in [-0.2, -0.15) is 0 Å². The van der Waals surface area contributed by atoms with Crippen LogP contribution in [0.3, 0.4) is 0 Å². The average Bonchev–Trinajstić information content (AvgIpc) is 1.81. The molecule has 0 spiro atoms. The van der Waals surface area contributed by atoms with Gasteiger partial charge in [0.05, 0.1) is 26.7 Å². The van der Waals surface area contributed by atoms with Crippen molar-refractivity contribution >= 4 is 0 Å². The van der Waals surface area contributed by atoms with Gasteiger partial charge in [0.15, 0.2) is 0 Å². The summed E-state index contributed by atoms with van der Waals surface area (Å²) in [7, 11) is 3.19. The van der Waals surface area contributed by atoms with Crippen molar-refractivity contribution in [3.63, 3.8) is 0 Å². The number of hydrogen-bond donors (Lipinski definition) is 0. The predicted octanol–water partition coefficient (Wildman–Crippen LogP) is 1.31. The lowest BCUT2D eigenvalue weighted by Gasteiger charge is -1.82. The van der Waals surface area contributed by atoms with E-state index in [1.165, 1.54) is 0 Å². The second kappa shape index (κ2) is 6.08. The summed E-state index contributed by atoms with van der Waals surface area (Å²) in [6.45, 7) is 0. The molecule has 0 atom stereocenters. The molecule has 8 heavy (non-hydrogen) atoms. The first-order valence-electron chi connectivity index (χ1n) is 2.29. The smallest absolute Gasteiger partial charge is 0.0825 e. The SMILES string of the molecule is COC=CC=COC. The number of methoxy groups -OCH3 is 2. The molecule has 0 aliphatic heterocycles. The average molecular weight is 114 g/mol. The fourth-order valence-electron chi connectivity index (χ4n) is 0.248. The second-order valence-corrected chi connectivity index (χ2v) is 1.13. The molecule has 0 heterocycles. The molecule has 2 nitrogen and oxygen atoms in total. The highest BCUT2D eigenvalue weighted by molar-refractivity contribution is 4.95. The zero-order valence-electron chi connectivity index (χ0n) is 5.13. The van der Waals surface area contributed by atoms with Gasteiger partial charge < -0.3 is 9.47 Å². The first kappa shape index (κ1) is 7.08. The maximum Gasteiger partial charge on any atom is 0.0825 e. The van der Waals surface area contributed by atoms with Crippen LogP contribution >= 0.6 is 0 Å². The molecular weight excluding hydrogens is 104 g/mol. The van der Waals surface area contributed by atoms with Gasteiger partial charge in [0.1, 0.15) is 0 Å². The standard InChI is InChI=1S/C6H10O2/c1-7-5-3-4-6-8-2/h3-6H,1-2H3. The van der Waals surface area contributed by atoms with Crippen molar-refractivity contribution in [3.05, 3.63) is 24.7 Å². The first-order chi connectivity index (χ1) is 3.91. The minimum atomic E-state index is 1.56. The summed E-state index contributed by atoms with van der Waals surface area (Å²) in [4.78, 5) is 0. The van der Waals surface area contributed by atoms with Gasteiger partial charge in [-0.15, -0.1) is 0 Å². The van der Waals surface area contributed by atoms with Crippen LogP contribution in [0.2, 0.25) is 0 Å². The predicted molar refractivity (Wildman–Crippen MR) is 32.3 cm³/mol. The van der Waals surface area contributed by atoms with Crippen LogP contribution < -0.4 is 0 Å². The number of rotatable bonds is 3. The molecule has 0 N–H and O–H groups in total. The van der Waals surface area contributed by atoms with E-state index in [2.05, 4.69) is 9.47 Å². The maximum absolute atomic E-state index is 4.60.